The minimum Gasteiger partial charge on any atom is -0.422 e. The molecule has 2 aromatic heterocycles. The molecule has 8 nitrogen and oxygen atoms in total. The highest BCUT2D eigenvalue weighted by atomic mass is 16.4. The lowest BCUT2D eigenvalue weighted by Crippen LogP contribution is -2.33. The summed E-state index contributed by atoms with van der Waals surface area (Å²) in [6.45, 7) is 2.29. The van der Waals surface area contributed by atoms with Crippen molar-refractivity contribution < 1.29 is 14.0 Å². The van der Waals surface area contributed by atoms with E-state index in [0.29, 0.717) is 41.7 Å². The van der Waals surface area contributed by atoms with Crippen molar-refractivity contribution in [3.63, 3.8) is 0 Å². The van der Waals surface area contributed by atoms with E-state index in [9.17, 15) is 14.4 Å². The highest BCUT2D eigenvalue weighted by Gasteiger charge is 2.42. The molecule has 1 N–H and O–H groups in total. The third kappa shape index (κ3) is 3.77. The summed E-state index contributed by atoms with van der Waals surface area (Å²) in [5.41, 5.74) is 2.81. The number of carbonyl (C=O) groups is 2. The van der Waals surface area contributed by atoms with Gasteiger partial charge in [0.05, 0.1) is 11.5 Å². The lowest BCUT2D eigenvalue weighted by atomic mass is 9.96. The number of aromatic nitrogens is 3. The Balaban J connectivity index is 1.47. The molecule has 8 heteroatoms. The van der Waals surface area contributed by atoms with Crippen LogP contribution < -0.4 is 5.56 Å². The molecule has 0 radical (unpaired) electrons. The fraction of sp³-hybridized carbons (Fsp3) is 0.280. The lowest BCUT2D eigenvalue weighted by molar-refractivity contribution is -0.138. The first-order chi connectivity index (χ1) is 16.1. The highest BCUT2D eigenvalue weighted by Crippen LogP contribution is 2.31. The average Bonchev–Trinajstić information content (AvgIpc) is 3.47. The molecular weight excluding hydrogens is 420 g/mol. The van der Waals surface area contributed by atoms with Crippen molar-refractivity contribution >= 4 is 22.9 Å². The van der Waals surface area contributed by atoms with Crippen LogP contribution in [0.2, 0.25) is 0 Å². The molecule has 1 aliphatic rings. The van der Waals surface area contributed by atoms with Crippen LogP contribution in [0.3, 0.4) is 0 Å². The van der Waals surface area contributed by atoms with Crippen LogP contribution in [-0.2, 0) is 22.4 Å². The molecular formula is C25H24N4O4. The number of oxazole rings is 1. The van der Waals surface area contributed by atoms with Crippen LogP contribution >= 0.6 is 0 Å². The van der Waals surface area contributed by atoms with E-state index in [-0.39, 0.29) is 24.2 Å². The van der Waals surface area contributed by atoms with Crippen molar-refractivity contribution in [2.24, 2.45) is 0 Å². The number of fused-ring (bicyclic) bond motifs is 1. The van der Waals surface area contributed by atoms with Gasteiger partial charge >= 0.3 is 6.01 Å². The Morgan fingerprint density at radius 2 is 1.79 bits per heavy atom. The Labute approximate surface area is 189 Å². The Morgan fingerprint density at radius 1 is 1.03 bits per heavy atom. The second-order valence-electron chi connectivity index (χ2n) is 8.23. The first-order valence-electron chi connectivity index (χ1n) is 11.1. The molecule has 1 aliphatic heterocycles. The van der Waals surface area contributed by atoms with Gasteiger partial charge in [-0.3, -0.25) is 24.4 Å². The number of aryl methyl sites for hydroxylation is 1. The highest BCUT2D eigenvalue weighted by molar-refractivity contribution is 6.06. The SMILES string of the molecule is CCCc1[nH]n(-c2nc3ccccc3o2)c(=O)c1[C@@H]1CC(=O)N(CCc2ccccc2)C1=O. The molecule has 0 bridgehead atoms. The summed E-state index contributed by atoms with van der Waals surface area (Å²) >= 11 is 0. The predicted octanol–water partition coefficient (Wildman–Crippen LogP) is 3.34. The topological polar surface area (TPSA) is 101 Å². The van der Waals surface area contributed by atoms with Gasteiger partial charge in [0.2, 0.25) is 11.8 Å². The monoisotopic (exact) mass is 444 g/mol. The van der Waals surface area contributed by atoms with E-state index in [1.165, 1.54) is 9.58 Å². The average molecular weight is 444 g/mol. The summed E-state index contributed by atoms with van der Waals surface area (Å²) in [5, 5.41) is 3.08. The van der Waals surface area contributed by atoms with Crippen molar-refractivity contribution in [2.75, 3.05) is 6.54 Å². The maximum absolute atomic E-state index is 13.4. The summed E-state index contributed by atoms with van der Waals surface area (Å²) < 4.78 is 7.00. The van der Waals surface area contributed by atoms with Crippen molar-refractivity contribution in [2.45, 2.75) is 38.5 Å². The number of nitrogens with zero attached hydrogens (tertiary/aromatic N) is 3. The quantitative estimate of drug-likeness (QED) is 0.441. The largest absolute Gasteiger partial charge is 0.422 e. The Morgan fingerprint density at radius 3 is 2.55 bits per heavy atom. The third-order valence-electron chi connectivity index (χ3n) is 6.04. The van der Waals surface area contributed by atoms with E-state index in [1.807, 2.05) is 49.4 Å². The predicted molar refractivity (Wildman–Crippen MR) is 122 cm³/mol. The van der Waals surface area contributed by atoms with E-state index in [2.05, 4.69) is 10.1 Å². The normalized spacial score (nSPS) is 16.3. The van der Waals surface area contributed by atoms with Gasteiger partial charge in [-0.05, 0) is 30.5 Å². The number of carbonyl (C=O) groups excluding carboxylic acids is 2. The summed E-state index contributed by atoms with van der Waals surface area (Å²) in [6, 6.07) is 17.1. The number of hydrogen-bond acceptors (Lipinski definition) is 5. The zero-order valence-corrected chi connectivity index (χ0v) is 18.3. The fourth-order valence-corrected chi connectivity index (χ4v) is 4.41. The molecule has 5 rings (SSSR count). The van der Waals surface area contributed by atoms with Crippen molar-refractivity contribution in [1.82, 2.24) is 19.7 Å². The Kier molecular flexibility index (Phi) is 5.42. The van der Waals surface area contributed by atoms with Gasteiger partial charge in [0.1, 0.15) is 5.52 Å². The smallest absolute Gasteiger partial charge is 0.325 e. The lowest BCUT2D eigenvalue weighted by Gasteiger charge is -2.15. The number of benzene rings is 2. The Hall–Kier alpha value is -3.94. The first kappa shape index (κ1) is 20.9. The maximum Gasteiger partial charge on any atom is 0.325 e. The van der Waals surface area contributed by atoms with E-state index in [1.54, 1.807) is 12.1 Å². The van der Waals surface area contributed by atoms with Crippen LogP contribution in [-0.4, -0.2) is 38.0 Å². The molecule has 1 fully saturated rings. The number of nitrogens with one attached hydrogen (secondary N) is 1. The Bertz CT molecular complexity index is 1350. The van der Waals surface area contributed by atoms with E-state index in [4.69, 9.17) is 4.42 Å². The molecule has 1 atom stereocenters. The molecule has 1 saturated heterocycles. The molecule has 0 unspecified atom stereocenters. The van der Waals surface area contributed by atoms with Gasteiger partial charge < -0.3 is 4.42 Å². The minimum atomic E-state index is -0.802. The number of para-hydroxylation sites is 2. The van der Waals surface area contributed by atoms with Gasteiger partial charge in [-0.25, -0.2) is 0 Å². The summed E-state index contributed by atoms with van der Waals surface area (Å²) in [5.74, 6) is -1.38. The molecule has 4 aromatic rings. The van der Waals surface area contributed by atoms with E-state index < -0.39 is 11.5 Å². The number of hydrogen-bond donors (Lipinski definition) is 1. The van der Waals surface area contributed by atoms with Gasteiger partial charge in [0.15, 0.2) is 5.58 Å². The second kappa shape index (κ2) is 8.54. The van der Waals surface area contributed by atoms with Crippen LogP contribution in [0, 0.1) is 0 Å². The molecule has 2 aromatic carbocycles. The van der Waals surface area contributed by atoms with Crippen LogP contribution in [0.4, 0.5) is 0 Å². The van der Waals surface area contributed by atoms with Gasteiger partial charge in [0, 0.05) is 18.7 Å². The number of rotatable bonds is 7. The van der Waals surface area contributed by atoms with Gasteiger partial charge in [-0.2, -0.15) is 9.67 Å². The molecule has 3 heterocycles. The minimum absolute atomic E-state index is 0.00894. The molecule has 2 amide bonds. The van der Waals surface area contributed by atoms with Gasteiger partial charge in [-0.15, -0.1) is 0 Å². The van der Waals surface area contributed by atoms with E-state index >= 15 is 0 Å². The maximum atomic E-state index is 13.4. The zero-order valence-electron chi connectivity index (χ0n) is 18.3. The van der Waals surface area contributed by atoms with Crippen molar-refractivity contribution in [1.29, 1.82) is 0 Å². The van der Waals surface area contributed by atoms with Crippen LogP contribution in [0.5, 0.6) is 0 Å². The summed E-state index contributed by atoms with van der Waals surface area (Å²) in [6.07, 6.45) is 1.91. The third-order valence-corrected chi connectivity index (χ3v) is 6.04. The number of likely N-dealkylation sites (tertiary alicyclic amines) is 1. The zero-order chi connectivity index (χ0) is 22.9. The van der Waals surface area contributed by atoms with Crippen LogP contribution in [0.25, 0.3) is 17.1 Å². The second-order valence-corrected chi connectivity index (χ2v) is 8.23. The number of aromatic amines is 1. The molecule has 168 valence electrons. The van der Waals surface area contributed by atoms with Crippen LogP contribution in [0.15, 0.2) is 63.8 Å². The van der Waals surface area contributed by atoms with Gasteiger partial charge in [-0.1, -0.05) is 55.8 Å². The van der Waals surface area contributed by atoms with Crippen LogP contribution in [0.1, 0.15) is 42.5 Å². The molecule has 0 saturated carbocycles. The van der Waals surface area contributed by atoms with Crippen molar-refractivity contribution in [3.05, 3.63) is 81.8 Å². The molecule has 0 spiro atoms. The summed E-state index contributed by atoms with van der Waals surface area (Å²) in [7, 11) is 0. The van der Waals surface area contributed by atoms with Crippen molar-refractivity contribution in [3.8, 4) is 6.01 Å². The first-order valence-corrected chi connectivity index (χ1v) is 11.1. The number of H-pyrrole nitrogens is 1. The van der Waals surface area contributed by atoms with Gasteiger partial charge in [0.25, 0.3) is 5.56 Å². The standard InChI is InChI=1S/C25H24N4O4/c1-2-8-19-22(24(32)29(27-19)25-26-18-11-6-7-12-20(18)33-25)17-15-21(30)28(23(17)31)14-13-16-9-4-3-5-10-16/h3-7,9-12,17,27H,2,8,13-15H2,1H3/t17-/m0/s1. The number of imide groups is 1. The number of amides is 2. The van der Waals surface area contributed by atoms with E-state index in [0.717, 1.165) is 12.0 Å². The fourth-order valence-electron chi connectivity index (χ4n) is 4.41. The molecule has 0 aliphatic carbocycles. The molecule has 33 heavy (non-hydrogen) atoms. The summed E-state index contributed by atoms with van der Waals surface area (Å²) in [4.78, 5) is 45.1.